The Morgan fingerprint density at radius 3 is 2.00 bits per heavy atom. The molecule has 0 aliphatic heterocycles. The van der Waals surface area contributed by atoms with E-state index < -0.39 is 0 Å². The molecule has 0 bridgehead atoms. The molecule has 1 N–H and O–H groups in total. The van der Waals surface area contributed by atoms with Crippen molar-refractivity contribution in [3.63, 3.8) is 0 Å². The molecule has 0 fully saturated rings. The quantitative estimate of drug-likeness (QED) is 0.294. The van der Waals surface area contributed by atoms with Gasteiger partial charge in [0.25, 0.3) is 0 Å². The predicted octanol–water partition coefficient (Wildman–Crippen LogP) is 5.94. The minimum atomic E-state index is 0.202. The Hall–Kier alpha value is -1.05. The Labute approximate surface area is 138 Å². The van der Waals surface area contributed by atoms with Crippen LogP contribution in [-0.4, -0.2) is 12.5 Å². The van der Waals surface area contributed by atoms with Gasteiger partial charge in [-0.05, 0) is 45.4 Å². The largest absolute Gasteiger partial charge is 0.356 e. The summed E-state index contributed by atoms with van der Waals surface area (Å²) in [5.41, 5.74) is 0. The molecule has 22 heavy (non-hydrogen) atoms. The summed E-state index contributed by atoms with van der Waals surface area (Å²) >= 11 is 0. The molecule has 1 amide bonds. The molecular weight excluding hydrogens is 270 g/mol. The summed E-state index contributed by atoms with van der Waals surface area (Å²) < 4.78 is 0. The van der Waals surface area contributed by atoms with Gasteiger partial charge in [0.2, 0.25) is 5.91 Å². The number of unbranched alkanes of at least 4 members (excludes halogenated alkanes) is 8. The average Bonchev–Trinajstić information content (AvgIpc) is 2.51. The van der Waals surface area contributed by atoms with Gasteiger partial charge in [0.05, 0.1) is 0 Å². The van der Waals surface area contributed by atoms with Crippen molar-refractivity contribution >= 4 is 5.91 Å². The van der Waals surface area contributed by atoms with E-state index in [1.807, 2.05) is 6.92 Å². The van der Waals surface area contributed by atoms with E-state index in [2.05, 4.69) is 36.5 Å². The standard InChI is InChI=1S/C20H37NO/c1-3-5-6-7-8-9-10-11-12-13-14-15-16-17-18-19-20(22)21-4-2/h8-9,11-12H,3-7,10,13-19H2,1-2H3,(H,21,22)/b9-8+,12-11+. The summed E-state index contributed by atoms with van der Waals surface area (Å²) in [5.74, 6) is 0.202. The van der Waals surface area contributed by atoms with Gasteiger partial charge in [-0.3, -0.25) is 4.79 Å². The van der Waals surface area contributed by atoms with Gasteiger partial charge in [-0.2, -0.15) is 0 Å². The number of hydrogen-bond donors (Lipinski definition) is 1. The minimum Gasteiger partial charge on any atom is -0.356 e. The molecule has 0 atom stereocenters. The van der Waals surface area contributed by atoms with Gasteiger partial charge in [-0.15, -0.1) is 0 Å². The van der Waals surface area contributed by atoms with Crippen LogP contribution in [0.1, 0.15) is 90.9 Å². The van der Waals surface area contributed by atoms with Crippen LogP contribution in [-0.2, 0) is 4.79 Å². The van der Waals surface area contributed by atoms with Crippen molar-refractivity contribution in [2.75, 3.05) is 6.54 Å². The molecule has 0 saturated carbocycles. The van der Waals surface area contributed by atoms with E-state index in [0.29, 0.717) is 6.42 Å². The molecule has 0 unspecified atom stereocenters. The van der Waals surface area contributed by atoms with Crippen molar-refractivity contribution in [3.8, 4) is 0 Å². The van der Waals surface area contributed by atoms with E-state index >= 15 is 0 Å². The lowest BCUT2D eigenvalue weighted by Gasteiger charge is -2.02. The van der Waals surface area contributed by atoms with Crippen LogP contribution in [0.25, 0.3) is 0 Å². The highest BCUT2D eigenvalue weighted by Crippen LogP contribution is 2.08. The number of hydrogen-bond acceptors (Lipinski definition) is 1. The normalized spacial score (nSPS) is 11.5. The highest BCUT2D eigenvalue weighted by molar-refractivity contribution is 5.75. The van der Waals surface area contributed by atoms with Gasteiger partial charge in [-0.25, -0.2) is 0 Å². The third-order valence-corrected chi connectivity index (χ3v) is 3.73. The van der Waals surface area contributed by atoms with E-state index in [0.717, 1.165) is 19.4 Å². The number of rotatable bonds is 15. The molecule has 0 aromatic heterocycles. The van der Waals surface area contributed by atoms with Crippen LogP contribution in [0, 0.1) is 0 Å². The fourth-order valence-corrected chi connectivity index (χ4v) is 2.38. The molecule has 0 aliphatic carbocycles. The van der Waals surface area contributed by atoms with Crippen molar-refractivity contribution in [2.45, 2.75) is 90.9 Å². The van der Waals surface area contributed by atoms with E-state index in [1.165, 1.54) is 57.8 Å². The van der Waals surface area contributed by atoms with Gasteiger partial charge in [0, 0.05) is 13.0 Å². The first kappa shape index (κ1) is 20.9. The fourth-order valence-electron chi connectivity index (χ4n) is 2.38. The van der Waals surface area contributed by atoms with Crippen LogP contribution in [0.4, 0.5) is 0 Å². The second-order valence-electron chi connectivity index (χ2n) is 5.93. The fraction of sp³-hybridized carbons (Fsp3) is 0.750. The summed E-state index contributed by atoms with van der Waals surface area (Å²) in [6, 6.07) is 0. The summed E-state index contributed by atoms with van der Waals surface area (Å²) in [5, 5.41) is 2.84. The van der Waals surface area contributed by atoms with Crippen molar-refractivity contribution in [1.29, 1.82) is 0 Å². The first-order chi connectivity index (χ1) is 10.8. The molecule has 0 aliphatic rings. The van der Waals surface area contributed by atoms with E-state index in [-0.39, 0.29) is 5.91 Å². The Morgan fingerprint density at radius 1 is 0.773 bits per heavy atom. The summed E-state index contributed by atoms with van der Waals surface area (Å²) in [7, 11) is 0. The lowest BCUT2D eigenvalue weighted by Crippen LogP contribution is -2.21. The number of allylic oxidation sites excluding steroid dienone is 4. The number of carbonyl (C=O) groups excluding carboxylic acids is 1. The minimum absolute atomic E-state index is 0.202. The second-order valence-corrected chi connectivity index (χ2v) is 5.93. The molecule has 0 rings (SSSR count). The van der Waals surface area contributed by atoms with Crippen molar-refractivity contribution in [3.05, 3.63) is 24.3 Å². The van der Waals surface area contributed by atoms with Crippen molar-refractivity contribution in [1.82, 2.24) is 5.32 Å². The van der Waals surface area contributed by atoms with Crippen molar-refractivity contribution in [2.24, 2.45) is 0 Å². The van der Waals surface area contributed by atoms with Crippen LogP contribution in [0.3, 0.4) is 0 Å². The summed E-state index contributed by atoms with van der Waals surface area (Å²) in [6.45, 7) is 4.96. The average molecular weight is 308 g/mol. The van der Waals surface area contributed by atoms with Gasteiger partial charge in [-0.1, -0.05) is 63.3 Å². The zero-order chi connectivity index (χ0) is 16.3. The molecule has 0 aromatic rings. The Bertz CT molecular complexity index is 294. The Kier molecular flexibility index (Phi) is 17.1. The maximum atomic E-state index is 11.3. The van der Waals surface area contributed by atoms with Gasteiger partial charge >= 0.3 is 0 Å². The van der Waals surface area contributed by atoms with Crippen LogP contribution in [0.5, 0.6) is 0 Å². The van der Waals surface area contributed by atoms with E-state index in [1.54, 1.807) is 0 Å². The topological polar surface area (TPSA) is 29.1 Å². The van der Waals surface area contributed by atoms with Crippen LogP contribution >= 0.6 is 0 Å². The number of nitrogens with one attached hydrogen (secondary N) is 1. The third-order valence-electron chi connectivity index (χ3n) is 3.73. The van der Waals surface area contributed by atoms with Crippen LogP contribution < -0.4 is 5.32 Å². The molecule has 0 saturated heterocycles. The highest BCUT2D eigenvalue weighted by Gasteiger charge is 1.98. The smallest absolute Gasteiger partial charge is 0.219 e. The molecule has 0 aromatic carbocycles. The lowest BCUT2D eigenvalue weighted by atomic mass is 10.1. The zero-order valence-electron chi connectivity index (χ0n) is 14.9. The van der Waals surface area contributed by atoms with Gasteiger partial charge < -0.3 is 5.32 Å². The van der Waals surface area contributed by atoms with E-state index in [9.17, 15) is 4.79 Å². The van der Waals surface area contributed by atoms with Crippen molar-refractivity contribution < 1.29 is 4.79 Å². The SMILES string of the molecule is CCCCC/C=C/C/C=C/CCCCCCCC(=O)NCC. The molecule has 128 valence electrons. The maximum Gasteiger partial charge on any atom is 0.219 e. The first-order valence-corrected chi connectivity index (χ1v) is 9.38. The summed E-state index contributed by atoms with van der Waals surface area (Å²) in [4.78, 5) is 11.3. The molecule has 0 spiro atoms. The predicted molar refractivity (Wildman–Crippen MR) is 98.0 cm³/mol. The van der Waals surface area contributed by atoms with Gasteiger partial charge in [0.15, 0.2) is 0 Å². The Balaban J connectivity index is 3.22. The van der Waals surface area contributed by atoms with E-state index in [4.69, 9.17) is 0 Å². The second kappa shape index (κ2) is 18.0. The molecule has 0 radical (unpaired) electrons. The van der Waals surface area contributed by atoms with Crippen LogP contribution in [0.15, 0.2) is 24.3 Å². The molecule has 2 heteroatoms. The lowest BCUT2D eigenvalue weighted by molar-refractivity contribution is -0.121. The molecule has 0 heterocycles. The maximum absolute atomic E-state index is 11.3. The van der Waals surface area contributed by atoms with Gasteiger partial charge in [0.1, 0.15) is 0 Å². The highest BCUT2D eigenvalue weighted by atomic mass is 16.1. The number of amides is 1. The monoisotopic (exact) mass is 307 g/mol. The molecule has 2 nitrogen and oxygen atoms in total. The zero-order valence-corrected chi connectivity index (χ0v) is 14.9. The Morgan fingerprint density at radius 2 is 1.36 bits per heavy atom. The van der Waals surface area contributed by atoms with Crippen LogP contribution in [0.2, 0.25) is 0 Å². The molecular formula is C20H37NO. The number of carbonyl (C=O) groups is 1. The summed E-state index contributed by atoms with van der Waals surface area (Å²) in [6.07, 6.45) is 23.4. The first-order valence-electron chi connectivity index (χ1n) is 9.38. The third kappa shape index (κ3) is 17.0.